The van der Waals surface area contributed by atoms with Crippen molar-refractivity contribution in [3.05, 3.63) is 130 Å². The maximum atomic E-state index is 14.6. The van der Waals surface area contributed by atoms with Crippen LogP contribution >= 0.6 is 11.6 Å². The fourth-order valence-corrected chi connectivity index (χ4v) is 6.62. The lowest BCUT2D eigenvalue weighted by Gasteiger charge is -2.34. The maximum Gasteiger partial charge on any atom is 0.264 e. The van der Waals surface area contributed by atoms with E-state index in [1.807, 2.05) is 51.1 Å². The van der Waals surface area contributed by atoms with E-state index in [4.69, 9.17) is 11.6 Å². The van der Waals surface area contributed by atoms with Gasteiger partial charge in [0.2, 0.25) is 11.8 Å². The molecule has 0 aliphatic carbocycles. The molecule has 10 heteroatoms. The number of nitrogens with one attached hydrogen (secondary N) is 1. The van der Waals surface area contributed by atoms with Gasteiger partial charge in [-0.3, -0.25) is 13.9 Å². The van der Waals surface area contributed by atoms with E-state index in [1.54, 1.807) is 43.3 Å². The predicted octanol–water partition coefficient (Wildman–Crippen LogP) is 6.85. The smallest absolute Gasteiger partial charge is 0.264 e. The van der Waals surface area contributed by atoms with Gasteiger partial charge in [0.25, 0.3) is 10.0 Å². The molecule has 0 spiro atoms. The molecule has 2 atom stereocenters. The zero-order chi connectivity index (χ0) is 33.4. The van der Waals surface area contributed by atoms with E-state index in [0.29, 0.717) is 22.6 Å². The highest BCUT2D eigenvalue weighted by Gasteiger charge is 2.35. The molecule has 0 saturated heterocycles. The third-order valence-electron chi connectivity index (χ3n) is 7.87. The highest BCUT2D eigenvalue weighted by Crippen LogP contribution is 2.30. The zero-order valence-corrected chi connectivity index (χ0v) is 28.0. The standard InChI is InChI=1S/C36H39ClFN3O4S/c1-5-27(4)39-36(43)34(21-28-9-7-6-8-10-28)40(23-29-14-17-31(38)18-15-29)35(42)24-41(33-22-30(37)16-13-26(33)3)46(44,45)32-19-11-25(2)12-20-32/h6-20,22,27,34H,5,21,23-24H2,1-4H3,(H,39,43). The second-order valence-corrected chi connectivity index (χ2v) is 13.7. The van der Waals surface area contributed by atoms with Crippen LogP contribution in [0.4, 0.5) is 10.1 Å². The first-order valence-corrected chi connectivity index (χ1v) is 16.9. The van der Waals surface area contributed by atoms with E-state index in [2.05, 4.69) is 5.32 Å². The van der Waals surface area contributed by atoms with Crippen LogP contribution in [0, 0.1) is 19.7 Å². The molecule has 46 heavy (non-hydrogen) atoms. The molecule has 4 aromatic rings. The molecule has 0 heterocycles. The van der Waals surface area contributed by atoms with Gasteiger partial charge in [-0.15, -0.1) is 0 Å². The molecule has 4 rings (SSSR count). The summed E-state index contributed by atoms with van der Waals surface area (Å²) >= 11 is 6.34. The Morgan fingerprint density at radius 1 is 0.891 bits per heavy atom. The molecule has 0 saturated carbocycles. The third-order valence-corrected chi connectivity index (χ3v) is 9.88. The molecule has 2 unspecified atom stereocenters. The quantitative estimate of drug-likeness (QED) is 0.170. The van der Waals surface area contributed by atoms with Crippen LogP contribution in [0.1, 0.15) is 42.5 Å². The van der Waals surface area contributed by atoms with E-state index in [0.717, 1.165) is 15.4 Å². The fraction of sp³-hybridized carbons (Fsp3) is 0.278. The Morgan fingerprint density at radius 2 is 1.54 bits per heavy atom. The number of amides is 2. The van der Waals surface area contributed by atoms with Crippen molar-refractivity contribution in [1.82, 2.24) is 10.2 Å². The number of hydrogen-bond donors (Lipinski definition) is 1. The lowest BCUT2D eigenvalue weighted by molar-refractivity contribution is -0.140. The van der Waals surface area contributed by atoms with Gasteiger partial charge in [-0.2, -0.15) is 0 Å². The molecule has 0 radical (unpaired) electrons. The summed E-state index contributed by atoms with van der Waals surface area (Å²) in [6.07, 6.45) is 0.850. The summed E-state index contributed by atoms with van der Waals surface area (Å²) in [5, 5.41) is 3.30. The second-order valence-electron chi connectivity index (χ2n) is 11.4. The highest BCUT2D eigenvalue weighted by molar-refractivity contribution is 7.92. The minimum absolute atomic E-state index is 0.00529. The first-order chi connectivity index (χ1) is 21.9. The van der Waals surface area contributed by atoms with Crippen LogP contribution in [0.3, 0.4) is 0 Å². The summed E-state index contributed by atoms with van der Waals surface area (Å²) in [5.74, 6) is -1.43. The van der Waals surface area contributed by atoms with Gasteiger partial charge in [0.15, 0.2) is 0 Å². The average molecular weight is 664 g/mol. The molecule has 242 valence electrons. The van der Waals surface area contributed by atoms with Gasteiger partial charge in [0.05, 0.1) is 10.6 Å². The van der Waals surface area contributed by atoms with Gasteiger partial charge in [0.1, 0.15) is 18.4 Å². The lowest BCUT2D eigenvalue weighted by Crippen LogP contribution is -2.54. The fourth-order valence-electron chi connectivity index (χ4n) is 4.98. The van der Waals surface area contributed by atoms with Crippen LogP contribution in [0.2, 0.25) is 5.02 Å². The molecule has 7 nitrogen and oxygen atoms in total. The monoisotopic (exact) mass is 663 g/mol. The third kappa shape index (κ3) is 8.73. The lowest BCUT2D eigenvalue weighted by atomic mass is 10.0. The normalized spacial score (nSPS) is 12.7. The Labute approximate surface area is 276 Å². The number of hydrogen-bond acceptors (Lipinski definition) is 4. The van der Waals surface area contributed by atoms with Gasteiger partial charge in [-0.1, -0.05) is 84.8 Å². The number of halogens is 2. The number of anilines is 1. The number of carbonyl (C=O) groups is 2. The van der Waals surface area contributed by atoms with Crippen molar-refractivity contribution in [1.29, 1.82) is 0 Å². The van der Waals surface area contributed by atoms with Crippen molar-refractivity contribution < 1.29 is 22.4 Å². The molecule has 0 bridgehead atoms. The number of aryl methyl sites for hydroxylation is 2. The molecule has 2 amide bonds. The Morgan fingerprint density at radius 3 is 2.17 bits per heavy atom. The van der Waals surface area contributed by atoms with Crippen LogP contribution in [-0.4, -0.2) is 43.8 Å². The molecular formula is C36H39ClFN3O4S. The highest BCUT2D eigenvalue weighted by atomic mass is 35.5. The van der Waals surface area contributed by atoms with Crippen LogP contribution in [0.15, 0.2) is 102 Å². The number of benzene rings is 4. The molecule has 0 fully saturated rings. The van der Waals surface area contributed by atoms with Gasteiger partial charge < -0.3 is 10.2 Å². The minimum atomic E-state index is -4.27. The van der Waals surface area contributed by atoms with Crippen molar-refractivity contribution in [2.75, 3.05) is 10.8 Å². The Bertz CT molecular complexity index is 1750. The average Bonchev–Trinajstić information content (AvgIpc) is 3.04. The van der Waals surface area contributed by atoms with E-state index >= 15 is 0 Å². The molecule has 0 aliphatic rings. The van der Waals surface area contributed by atoms with Crippen molar-refractivity contribution in [2.24, 2.45) is 0 Å². The van der Waals surface area contributed by atoms with Crippen LogP contribution in [0.5, 0.6) is 0 Å². The van der Waals surface area contributed by atoms with E-state index in [-0.39, 0.29) is 35.5 Å². The second kappa shape index (κ2) is 15.4. The van der Waals surface area contributed by atoms with E-state index in [9.17, 15) is 22.4 Å². The van der Waals surface area contributed by atoms with Crippen LogP contribution in [-0.2, 0) is 32.6 Å². The van der Waals surface area contributed by atoms with E-state index < -0.39 is 34.3 Å². The molecule has 0 aromatic heterocycles. The molecular weight excluding hydrogens is 625 g/mol. The summed E-state index contributed by atoms with van der Waals surface area (Å²) in [7, 11) is -4.27. The Balaban J connectivity index is 1.83. The number of rotatable bonds is 13. The maximum absolute atomic E-state index is 14.6. The van der Waals surface area contributed by atoms with Crippen LogP contribution < -0.4 is 9.62 Å². The predicted molar refractivity (Wildman–Crippen MR) is 181 cm³/mol. The van der Waals surface area contributed by atoms with Gasteiger partial charge in [0, 0.05) is 24.0 Å². The van der Waals surface area contributed by atoms with Crippen molar-refractivity contribution >= 4 is 39.1 Å². The summed E-state index contributed by atoms with van der Waals surface area (Å²) in [6, 6.07) is 25.0. The summed E-state index contributed by atoms with van der Waals surface area (Å²) in [4.78, 5) is 29.8. The first kappa shape index (κ1) is 34.7. The molecule has 4 aromatic carbocycles. The Hall–Kier alpha value is -4.21. The zero-order valence-electron chi connectivity index (χ0n) is 26.4. The largest absolute Gasteiger partial charge is 0.352 e. The summed E-state index contributed by atoms with van der Waals surface area (Å²) in [5.41, 5.74) is 3.11. The van der Waals surface area contributed by atoms with Crippen LogP contribution in [0.25, 0.3) is 0 Å². The number of sulfonamides is 1. The number of nitrogens with zero attached hydrogens (tertiary/aromatic N) is 2. The topological polar surface area (TPSA) is 86.8 Å². The molecule has 0 aliphatic heterocycles. The van der Waals surface area contributed by atoms with Crippen molar-refractivity contribution in [3.8, 4) is 0 Å². The number of carbonyl (C=O) groups excluding carboxylic acids is 2. The van der Waals surface area contributed by atoms with Gasteiger partial charge in [-0.25, -0.2) is 12.8 Å². The molecule has 1 N–H and O–H groups in total. The summed E-state index contributed by atoms with van der Waals surface area (Å²) < 4.78 is 43.4. The SMILES string of the molecule is CCC(C)NC(=O)C(Cc1ccccc1)N(Cc1ccc(F)cc1)C(=O)CN(c1cc(Cl)ccc1C)S(=O)(=O)c1ccc(C)cc1. The van der Waals surface area contributed by atoms with Gasteiger partial charge >= 0.3 is 0 Å². The first-order valence-electron chi connectivity index (χ1n) is 15.1. The van der Waals surface area contributed by atoms with Gasteiger partial charge in [-0.05, 0) is 80.3 Å². The van der Waals surface area contributed by atoms with E-state index in [1.165, 1.54) is 35.2 Å². The Kier molecular flexibility index (Phi) is 11.6. The van der Waals surface area contributed by atoms with Crippen molar-refractivity contribution in [3.63, 3.8) is 0 Å². The minimum Gasteiger partial charge on any atom is -0.352 e. The van der Waals surface area contributed by atoms with Crippen molar-refractivity contribution in [2.45, 2.75) is 64.1 Å². The summed E-state index contributed by atoms with van der Waals surface area (Å²) in [6.45, 7) is 6.74.